The highest BCUT2D eigenvalue weighted by atomic mass is 32.2. The molecule has 2 heterocycles. The number of carbonyl (C=O) groups excluding carboxylic acids is 1. The van der Waals surface area contributed by atoms with Crippen LogP contribution in [0.25, 0.3) is 0 Å². The maximum Gasteiger partial charge on any atom is 0.243 e. The Morgan fingerprint density at radius 1 is 1.06 bits per heavy atom. The standard InChI is InChI=1S/C23H28N2O5S/c1-29-21-10-9-19(31(27,28)25-13-5-6-14-25)17-20(21)24-22(26)23(11-15-30-16-12-23)18-7-3-2-4-8-18/h2-4,7-10,17H,5-6,11-16H2,1H3,(H,24,26). The van der Waals surface area contributed by atoms with E-state index in [4.69, 9.17) is 9.47 Å². The molecular weight excluding hydrogens is 416 g/mol. The minimum absolute atomic E-state index is 0.159. The molecule has 4 rings (SSSR count). The van der Waals surface area contributed by atoms with Crippen molar-refractivity contribution in [1.82, 2.24) is 4.31 Å². The molecule has 0 saturated carbocycles. The van der Waals surface area contributed by atoms with Crippen molar-refractivity contribution >= 4 is 21.6 Å². The summed E-state index contributed by atoms with van der Waals surface area (Å²) in [5, 5.41) is 2.97. The van der Waals surface area contributed by atoms with Gasteiger partial charge in [0.15, 0.2) is 0 Å². The van der Waals surface area contributed by atoms with E-state index in [-0.39, 0.29) is 10.8 Å². The van der Waals surface area contributed by atoms with Crippen LogP contribution in [0.4, 0.5) is 5.69 Å². The molecule has 0 spiro atoms. The largest absolute Gasteiger partial charge is 0.495 e. The maximum absolute atomic E-state index is 13.6. The molecule has 7 nitrogen and oxygen atoms in total. The zero-order chi connectivity index (χ0) is 21.9. The van der Waals surface area contributed by atoms with Gasteiger partial charge in [0.2, 0.25) is 15.9 Å². The summed E-state index contributed by atoms with van der Waals surface area (Å²) < 4.78 is 38.5. The molecule has 1 N–H and O–H groups in total. The predicted octanol–water partition coefficient (Wildman–Crippen LogP) is 3.17. The third-order valence-corrected chi connectivity index (χ3v) is 8.12. The lowest BCUT2D eigenvalue weighted by Gasteiger charge is -2.36. The van der Waals surface area contributed by atoms with E-state index in [1.54, 1.807) is 6.07 Å². The molecule has 166 valence electrons. The summed E-state index contributed by atoms with van der Waals surface area (Å²) in [6.07, 6.45) is 2.83. The van der Waals surface area contributed by atoms with Gasteiger partial charge in [0.1, 0.15) is 5.75 Å². The number of ether oxygens (including phenoxy) is 2. The molecule has 0 atom stereocenters. The summed E-state index contributed by atoms with van der Waals surface area (Å²) in [7, 11) is -2.11. The molecule has 2 aliphatic rings. The van der Waals surface area contributed by atoms with Crippen LogP contribution in [0.2, 0.25) is 0 Å². The highest BCUT2D eigenvalue weighted by Gasteiger charge is 2.42. The zero-order valence-electron chi connectivity index (χ0n) is 17.7. The second kappa shape index (κ2) is 8.98. The molecule has 2 aromatic rings. The summed E-state index contributed by atoms with van der Waals surface area (Å²) in [4.78, 5) is 13.8. The molecule has 0 aromatic heterocycles. The second-order valence-electron chi connectivity index (χ2n) is 7.99. The molecule has 0 unspecified atom stereocenters. The molecule has 0 bridgehead atoms. The van der Waals surface area contributed by atoms with Crippen molar-refractivity contribution < 1.29 is 22.7 Å². The third-order valence-electron chi connectivity index (χ3n) is 6.23. The molecule has 0 radical (unpaired) electrons. The number of anilines is 1. The van der Waals surface area contributed by atoms with Gasteiger partial charge in [-0.25, -0.2) is 8.42 Å². The number of carbonyl (C=O) groups is 1. The Morgan fingerprint density at radius 3 is 2.39 bits per heavy atom. The molecule has 8 heteroatoms. The van der Waals surface area contributed by atoms with E-state index in [1.807, 2.05) is 30.3 Å². The van der Waals surface area contributed by atoms with Crippen molar-refractivity contribution in [2.75, 3.05) is 38.7 Å². The average Bonchev–Trinajstić information content (AvgIpc) is 3.36. The first-order valence-electron chi connectivity index (χ1n) is 10.6. The van der Waals surface area contributed by atoms with Crippen molar-refractivity contribution in [1.29, 1.82) is 0 Å². The number of sulfonamides is 1. The number of hydrogen-bond acceptors (Lipinski definition) is 5. The van der Waals surface area contributed by atoms with E-state index in [2.05, 4.69) is 5.32 Å². The molecule has 1 amide bonds. The number of hydrogen-bond donors (Lipinski definition) is 1. The lowest BCUT2D eigenvalue weighted by molar-refractivity contribution is -0.125. The Hall–Kier alpha value is -2.42. The van der Waals surface area contributed by atoms with Crippen LogP contribution in [0, 0.1) is 0 Å². The third kappa shape index (κ3) is 4.20. The number of methoxy groups -OCH3 is 1. The van der Waals surface area contributed by atoms with Gasteiger partial charge in [0, 0.05) is 26.3 Å². The van der Waals surface area contributed by atoms with E-state index < -0.39 is 15.4 Å². The monoisotopic (exact) mass is 444 g/mol. The van der Waals surface area contributed by atoms with Gasteiger partial charge in [-0.3, -0.25) is 4.79 Å². The summed E-state index contributed by atoms with van der Waals surface area (Å²) in [5.41, 5.74) is 0.541. The van der Waals surface area contributed by atoms with Gasteiger partial charge in [-0.05, 0) is 49.4 Å². The lowest BCUT2D eigenvalue weighted by atomic mass is 9.73. The number of rotatable bonds is 6. The van der Waals surface area contributed by atoms with Gasteiger partial charge >= 0.3 is 0 Å². The molecule has 2 saturated heterocycles. The Kier molecular flexibility index (Phi) is 6.31. The zero-order valence-corrected chi connectivity index (χ0v) is 18.5. The smallest absolute Gasteiger partial charge is 0.243 e. The van der Waals surface area contributed by atoms with Crippen molar-refractivity contribution in [3.63, 3.8) is 0 Å². The Morgan fingerprint density at radius 2 is 1.74 bits per heavy atom. The highest BCUT2D eigenvalue weighted by molar-refractivity contribution is 7.89. The quantitative estimate of drug-likeness (QED) is 0.740. The van der Waals surface area contributed by atoms with E-state index in [9.17, 15) is 13.2 Å². The van der Waals surface area contributed by atoms with Crippen LogP contribution in [0.1, 0.15) is 31.2 Å². The average molecular weight is 445 g/mol. The highest BCUT2D eigenvalue weighted by Crippen LogP contribution is 2.38. The Bertz CT molecular complexity index is 1030. The number of amides is 1. The Balaban J connectivity index is 1.68. The lowest BCUT2D eigenvalue weighted by Crippen LogP contribution is -2.44. The normalized spacial score (nSPS) is 19.1. The van der Waals surface area contributed by atoms with Gasteiger partial charge in [-0.2, -0.15) is 4.31 Å². The van der Waals surface area contributed by atoms with Crippen LogP contribution in [0.5, 0.6) is 5.75 Å². The molecular formula is C23H28N2O5S. The topological polar surface area (TPSA) is 84.9 Å². The fraction of sp³-hybridized carbons (Fsp3) is 0.435. The predicted molar refractivity (Wildman–Crippen MR) is 118 cm³/mol. The van der Waals surface area contributed by atoms with Crippen molar-refractivity contribution in [3.05, 3.63) is 54.1 Å². The van der Waals surface area contributed by atoms with E-state index in [0.717, 1.165) is 18.4 Å². The van der Waals surface area contributed by atoms with Gasteiger partial charge in [-0.1, -0.05) is 30.3 Å². The molecule has 2 aliphatic heterocycles. The van der Waals surface area contributed by atoms with Crippen LogP contribution in [-0.4, -0.2) is 52.0 Å². The molecule has 0 aliphatic carbocycles. The fourth-order valence-electron chi connectivity index (χ4n) is 4.39. The number of nitrogens with one attached hydrogen (secondary N) is 1. The van der Waals surface area contributed by atoms with Crippen LogP contribution >= 0.6 is 0 Å². The molecule has 31 heavy (non-hydrogen) atoms. The van der Waals surface area contributed by atoms with Gasteiger partial charge in [0.25, 0.3) is 0 Å². The number of nitrogens with zero attached hydrogens (tertiary/aromatic N) is 1. The van der Waals surface area contributed by atoms with Crippen molar-refractivity contribution in [3.8, 4) is 5.75 Å². The minimum Gasteiger partial charge on any atom is -0.495 e. The summed E-state index contributed by atoms with van der Waals surface area (Å²) >= 11 is 0. The second-order valence-corrected chi connectivity index (χ2v) is 9.93. The first-order valence-corrected chi connectivity index (χ1v) is 12.0. The van der Waals surface area contributed by atoms with E-state index in [1.165, 1.54) is 23.5 Å². The maximum atomic E-state index is 13.6. The number of benzene rings is 2. The first-order chi connectivity index (χ1) is 15.0. The van der Waals surface area contributed by atoms with Crippen LogP contribution < -0.4 is 10.1 Å². The molecule has 2 fully saturated rings. The fourth-order valence-corrected chi connectivity index (χ4v) is 5.93. The van der Waals surface area contributed by atoms with Gasteiger partial charge in [-0.15, -0.1) is 0 Å². The SMILES string of the molecule is COc1ccc(S(=O)(=O)N2CCCC2)cc1NC(=O)C1(c2ccccc2)CCOCC1. The first kappa shape index (κ1) is 21.8. The van der Waals surface area contributed by atoms with Crippen LogP contribution in [0.15, 0.2) is 53.4 Å². The summed E-state index contributed by atoms with van der Waals surface area (Å²) in [5.74, 6) is 0.236. The summed E-state index contributed by atoms with van der Waals surface area (Å²) in [6, 6.07) is 14.3. The Labute approximate surface area is 183 Å². The van der Waals surface area contributed by atoms with E-state index >= 15 is 0 Å². The van der Waals surface area contributed by atoms with E-state index in [0.29, 0.717) is 50.6 Å². The minimum atomic E-state index is -3.61. The molecule has 2 aromatic carbocycles. The van der Waals surface area contributed by atoms with Crippen molar-refractivity contribution in [2.45, 2.75) is 36.0 Å². The van der Waals surface area contributed by atoms with Crippen LogP contribution in [-0.2, 0) is 25.0 Å². The van der Waals surface area contributed by atoms with Crippen molar-refractivity contribution in [2.24, 2.45) is 0 Å². The summed E-state index contributed by atoms with van der Waals surface area (Å²) in [6.45, 7) is 2.02. The van der Waals surface area contributed by atoms with Gasteiger partial charge < -0.3 is 14.8 Å². The van der Waals surface area contributed by atoms with Gasteiger partial charge in [0.05, 0.1) is 23.1 Å². The van der Waals surface area contributed by atoms with Crippen LogP contribution in [0.3, 0.4) is 0 Å².